The summed E-state index contributed by atoms with van der Waals surface area (Å²) in [7, 11) is 2.01. The summed E-state index contributed by atoms with van der Waals surface area (Å²) in [5.41, 5.74) is 0.668. The highest BCUT2D eigenvalue weighted by Gasteiger charge is 2.28. The van der Waals surface area contributed by atoms with Crippen molar-refractivity contribution >= 4 is 5.97 Å². The number of nitrogens with zero attached hydrogens (tertiary/aromatic N) is 1. The van der Waals surface area contributed by atoms with E-state index < -0.39 is 5.97 Å². The van der Waals surface area contributed by atoms with Gasteiger partial charge in [0, 0.05) is 18.2 Å². The lowest BCUT2D eigenvalue weighted by molar-refractivity contribution is 0.0648. The third kappa shape index (κ3) is 2.57. The molecule has 0 saturated carbocycles. The molecule has 2 unspecified atom stereocenters. The molecule has 0 spiro atoms. The fraction of sp³-hybridized carbons (Fsp3) is 0.615. The molecule has 2 rings (SSSR count). The summed E-state index contributed by atoms with van der Waals surface area (Å²) in [6, 6.07) is 2.16. The molecular formula is C13H19NO4. The minimum absolute atomic E-state index is 0.0362. The number of likely N-dealkylation sites (N-methyl/N-ethyl adjacent to an activating group) is 1. The van der Waals surface area contributed by atoms with Gasteiger partial charge in [-0.1, -0.05) is 0 Å². The number of hydrogen-bond donors (Lipinski definition) is 1. The highest BCUT2D eigenvalue weighted by molar-refractivity contribution is 5.86. The van der Waals surface area contributed by atoms with Gasteiger partial charge in [0.25, 0.3) is 0 Å². The van der Waals surface area contributed by atoms with E-state index >= 15 is 0 Å². The molecule has 0 aromatic carbocycles. The standard InChI is InChI=1S/C13H19NO4/c1-8-6-10(18-12(8)13(15)16)7-14(3)11-4-5-17-9(11)2/h6,9,11H,4-5,7H2,1-3H3,(H,15,16). The van der Waals surface area contributed by atoms with Crippen LogP contribution in [0.4, 0.5) is 0 Å². The number of aromatic carboxylic acids is 1. The molecule has 1 aliphatic heterocycles. The SMILES string of the molecule is Cc1cc(CN(C)C2CCOC2C)oc1C(=O)O. The zero-order valence-electron chi connectivity index (χ0n) is 11.0. The second kappa shape index (κ2) is 5.12. The average molecular weight is 253 g/mol. The van der Waals surface area contributed by atoms with Crippen molar-refractivity contribution in [2.45, 2.75) is 39.0 Å². The van der Waals surface area contributed by atoms with Gasteiger partial charge >= 0.3 is 5.97 Å². The van der Waals surface area contributed by atoms with Gasteiger partial charge in [0.1, 0.15) is 5.76 Å². The molecule has 5 heteroatoms. The summed E-state index contributed by atoms with van der Waals surface area (Å²) in [6.07, 6.45) is 1.22. The summed E-state index contributed by atoms with van der Waals surface area (Å²) in [5, 5.41) is 8.94. The van der Waals surface area contributed by atoms with Gasteiger partial charge in [0.2, 0.25) is 5.76 Å². The Bertz CT molecular complexity index is 440. The Labute approximate surface area is 106 Å². The molecule has 0 radical (unpaired) electrons. The Kier molecular flexibility index (Phi) is 3.73. The molecule has 18 heavy (non-hydrogen) atoms. The van der Waals surface area contributed by atoms with E-state index in [9.17, 15) is 4.79 Å². The predicted molar refractivity (Wildman–Crippen MR) is 65.7 cm³/mol. The first-order chi connectivity index (χ1) is 8.49. The van der Waals surface area contributed by atoms with Crippen LogP contribution in [0.15, 0.2) is 10.5 Å². The van der Waals surface area contributed by atoms with Gasteiger partial charge in [-0.3, -0.25) is 4.90 Å². The summed E-state index contributed by atoms with van der Waals surface area (Å²) in [4.78, 5) is 13.1. The maximum atomic E-state index is 10.9. The molecule has 1 aromatic rings. The Morgan fingerprint density at radius 3 is 2.83 bits per heavy atom. The largest absolute Gasteiger partial charge is 0.475 e. The molecule has 1 fully saturated rings. The van der Waals surface area contributed by atoms with Crippen molar-refractivity contribution in [3.8, 4) is 0 Å². The van der Waals surface area contributed by atoms with Crippen molar-refractivity contribution in [2.75, 3.05) is 13.7 Å². The summed E-state index contributed by atoms with van der Waals surface area (Å²) >= 11 is 0. The van der Waals surface area contributed by atoms with E-state index in [1.165, 1.54) is 0 Å². The molecule has 0 bridgehead atoms. The maximum absolute atomic E-state index is 10.9. The lowest BCUT2D eigenvalue weighted by Gasteiger charge is -2.25. The first kappa shape index (κ1) is 13.1. The maximum Gasteiger partial charge on any atom is 0.372 e. The van der Waals surface area contributed by atoms with Crippen LogP contribution in [-0.2, 0) is 11.3 Å². The van der Waals surface area contributed by atoms with Gasteiger partial charge in [-0.05, 0) is 33.4 Å². The molecule has 2 atom stereocenters. The van der Waals surface area contributed by atoms with Gasteiger partial charge in [-0.2, -0.15) is 0 Å². The van der Waals surface area contributed by atoms with Gasteiger partial charge in [-0.15, -0.1) is 0 Å². The normalized spacial score (nSPS) is 23.8. The highest BCUT2D eigenvalue weighted by atomic mass is 16.5. The molecule has 1 aliphatic rings. The molecule has 100 valence electrons. The van der Waals surface area contributed by atoms with Crippen LogP contribution in [0.25, 0.3) is 0 Å². The van der Waals surface area contributed by atoms with Crippen LogP contribution in [0.5, 0.6) is 0 Å². The van der Waals surface area contributed by atoms with Crippen LogP contribution < -0.4 is 0 Å². The molecule has 1 N–H and O–H groups in total. The molecule has 5 nitrogen and oxygen atoms in total. The lowest BCUT2D eigenvalue weighted by Crippen LogP contribution is -2.36. The van der Waals surface area contributed by atoms with E-state index in [4.69, 9.17) is 14.3 Å². The van der Waals surface area contributed by atoms with E-state index in [0.29, 0.717) is 23.9 Å². The van der Waals surface area contributed by atoms with Gasteiger partial charge in [0.15, 0.2) is 0 Å². The zero-order chi connectivity index (χ0) is 13.3. The molecule has 0 amide bonds. The molecule has 2 heterocycles. The van der Waals surface area contributed by atoms with Crippen LogP contribution in [-0.4, -0.2) is 41.8 Å². The van der Waals surface area contributed by atoms with E-state index in [1.54, 1.807) is 13.0 Å². The third-order valence-corrected chi connectivity index (χ3v) is 3.47. The van der Waals surface area contributed by atoms with E-state index in [0.717, 1.165) is 13.0 Å². The lowest BCUT2D eigenvalue weighted by atomic mass is 10.1. The monoisotopic (exact) mass is 253 g/mol. The van der Waals surface area contributed by atoms with Gasteiger partial charge in [-0.25, -0.2) is 4.79 Å². The van der Waals surface area contributed by atoms with Crippen LogP contribution in [0.3, 0.4) is 0 Å². The van der Waals surface area contributed by atoms with Gasteiger partial charge < -0.3 is 14.3 Å². The number of furan rings is 1. The number of ether oxygens (including phenoxy) is 1. The highest BCUT2D eigenvalue weighted by Crippen LogP contribution is 2.22. The van der Waals surface area contributed by atoms with Crippen molar-refractivity contribution in [1.29, 1.82) is 0 Å². The number of carbonyl (C=O) groups is 1. The fourth-order valence-corrected chi connectivity index (χ4v) is 2.50. The van der Waals surface area contributed by atoms with Crippen molar-refractivity contribution in [3.05, 3.63) is 23.2 Å². The number of hydrogen-bond acceptors (Lipinski definition) is 4. The first-order valence-electron chi connectivity index (χ1n) is 6.13. The van der Waals surface area contributed by atoms with Crippen molar-refractivity contribution in [3.63, 3.8) is 0 Å². The average Bonchev–Trinajstić information content (AvgIpc) is 2.84. The summed E-state index contributed by atoms with van der Waals surface area (Å²) in [6.45, 7) is 5.20. The van der Waals surface area contributed by atoms with Crippen LogP contribution >= 0.6 is 0 Å². The number of rotatable bonds is 4. The fourth-order valence-electron chi connectivity index (χ4n) is 2.50. The van der Waals surface area contributed by atoms with Crippen molar-refractivity contribution in [2.24, 2.45) is 0 Å². The molecule has 1 saturated heterocycles. The molecular weight excluding hydrogens is 234 g/mol. The third-order valence-electron chi connectivity index (χ3n) is 3.47. The quantitative estimate of drug-likeness (QED) is 0.887. The van der Waals surface area contributed by atoms with Crippen LogP contribution in [0.1, 0.15) is 35.2 Å². The van der Waals surface area contributed by atoms with Crippen molar-refractivity contribution in [1.82, 2.24) is 4.90 Å². The second-order valence-electron chi connectivity index (χ2n) is 4.88. The Morgan fingerprint density at radius 1 is 1.61 bits per heavy atom. The topological polar surface area (TPSA) is 62.9 Å². The smallest absolute Gasteiger partial charge is 0.372 e. The Morgan fingerprint density at radius 2 is 2.33 bits per heavy atom. The van der Waals surface area contributed by atoms with E-state index in [1.807, 2.05) is 7.05 Å². The Hall–Kier alpha value is -1.33. The number of carboxylic acid groups (broad SMARTS) is 1. The van der Waals surface area contributed by atoms with Crippen LogP contribution in [0, 0.1) is 6.92 Å². The minimum atomic E-state index is -1.01. The second-order valence-corrected chi connectivity index (χ2v) is 4.88. The van der Waals surface area contributed by atoms with E-state index in [-0.39, 0.29) is 11.9 Å². The van der Waals surface area contributed by atoms with Crippen LogP contribution in [0.2, 0.25) is 0 Å². The summed E-state index contributed by atoms with van der Waals surface area (Å²) < 4.78 is 10.9. The zero-order valence-corrected chi connectivity index (χ0v) is 11.0. The van der Waals surface area contributed by atoms with Gasteiger partial charge in [0.05, 0.1) is 12.6 Å². The molecule has 1 aromatic heterocycles. The summed E-state index contributed by atoms with van der Waals surface area (Å²) in [5.74, 6) is -0.292. The Balaban J connectivity index is 2.05. The molecule has 0 aliphatic carbocycles. The van der Waals surface area contributed by atoms with E-state index in [2.05, 4.69) is 11.8 Å². The minimum Gasteiger partial charge on any atom is -0.475 e. The number of carboxylic acids is 1. The first-order valence-corrected chi connectivity index (χ1v) is 6.13. The number of aryl methyl sites for hydroxylation is 1. The van der Waals surface area contributed by atoms with Crippen molar-refractivity contribution < 1.29 is 19.1 Å². The predicted octanol–water partition coefficient (Wildman–Crippen LogP) is 1.90.